The normalized spacial score (nSPS) is 11.9. The Morgan fingerprint density at radius 3 is 2.53 bits per heavy atom. The third kappa shape index (κ3) is 3.19. The van der Waals surface area contributed by atoms with Gasteiger partial charge in [0.2, 0.25) is 0 Å². The second-order valence-electron chi connectivity index (χ2n) is 4.00. The van der Waals surface area contributed by atoms with Crippen LogP contribution in [0.25, 0.3) is 0 Å². The average Bonchev–Trinajstić information content (AvgIpc) is 2.89. The molecule has 19 heavy (non-hydrogen) atoms. The van der Waals surface area contributed by atoms with Gasteiger partial charge in [-0.05, 0) is 29.8 Å². The fraction of sp³-hybridized carbons (Fsp3) is 0.250. The summed E-state index contributed by atoms with van der Waals surface area (Å²) in [6.45, 7) is 0.144. The Hall–Kier alpha value is -1.28. The minimum absolute atomic E-state index is 0.145. The number of pyridine rings is 1. The molecule has 0 unspecified atom stereocenters. The molecule has 1 N–H and O–H groups in total. The smallest absolute Gasteiger partial charge is 0.252 e. The zero-order chi connectivity index (χ0) is 13.9. The van der Waals surface area contributed by atoms with Crippen LogP contribution in [0.3, 0.4) is 0 Å². The second-order valence-corrected chi connectivity index (χ2v) is 7.44. The maximum Gasteiger partial charge on any atom is 0.252 e. The van der Waals surface area contributed by atoms with Crippen molar-refractivity contribution in [1.82, 2.24) is 9.29 Å². The highest BCUT2D eigenvalue weighted by atomic mass is 32.2. The molecule has 0 saturated carbocycles. The molecule has 2 aromatic heterocycles. The summed E-state index contributed by atoms with van der Waals surface area (Å²) in [7, 11) is -1.97. The van der Waals surface area contributed by atoms with Crippen molar-refractivity contribution in [3.05, 3.63) is 47.1 Å². The van der Waals surface area contributed by atoms with Crippen molar-refractivity contribution in [1.29, 1.82) is 0 Å². The topological polar surface area (TPSA) is 70.5 Å². The quantitative estimate of drug-likeness (QED) is 0.907. The lowest BCUT2D eigenvalue weighted by Gasteiger charge is -2.15. The van der Waals surface area contributed by atoms with E-state index in [4.69, 9.17) is 5.11 Å². The molecule has 0 spiro atoms. The zero-order valence-electron chi connectivity index (χ0n) is 10.4. The number of aliphatic hydroxyl groups is 1. The van der Waals surface area contributed by atoms with Gasteiger partial charge in [-0.3, -0.25) is 4.98 Å². The standard InChI is InChI=1S/C12H14N2O3S2/c1-14(8-10-4-6-13-7-5-10)19(16,17)12-3-2-11(9-15)18-12/h2-7,15H,8-9H2,1H3. The highest BCUT2D eigenvalue weighted by Gasteiger charge is 2.22. The number of hydrogen-bond donors (Lipinski definition) is 1. The van der Waals surface area contributed by atoms with Gasteiger partial charge >= 0.3 is 0 Å². The number of hydrogen-bond acceptors (Lipinski definition) is 5. The zero-order valence-corrected chi connectivity index (χ0v) is 12.0. The molecular weight excluding hydrogens is 284 g/mol. The summed E-state index contributed by atoms with van der Waals surface area (Å²) in [6, 6.07) is 6.70. The molecular formula is C12H14N2O3S2. The van der Waals surface area contributed by atoms with Gasteiger partial charge in [0.1, 0.15) is 4.21 Å². The van der Waals surface area contributed by atoms with Gasteiger partial charge in [-0.25, -0.2) is 8.42 Å². The van der Waals surface area contributed by atoms with Crippen LogP contribution < -0.4 is 0 Å². The molecule has 0 fully saturated rings. The van der Waals surface area contributed by atoms with E-state index in [1.807, 2.05) is 0 Å². The van der Waals surface area contributed by atoms with Gasteiger partial charge in [-0.1, -0.05) is 0 Å². The first-order valence-corrected chi connectivity index (χ1v) is 7.84. The second kappa shape index (κ2) is 5.79. The first-order chi connectivity index (χ1) is 9.04. The van der Waals surface area contributed by atoms with Gasteiger partial charge in [-0.2, -0.15) is 4.31 Å². The summed E-state index contributed by atoms with van der Waals surface area (Å²) in [6.07, 6.45) is 3.26. The van der Waals surface area contributed by atoms with Crippen molar-refractivity contribution >= 4 is 21.4 Å². The number of aliphatic hydroxyl groups excluding tert-OH is 1. The molecule has 0 saturated heterocycles. The molecule has 0 aromatic carbocycles. The summed E-state index contributed by atoms with van der Waals surface area (Å²) in [5, 5.41) is 8.99. The maximum atomic E-state index is 12.3. The summed E-state index contributed by atoms with van der Waals surface area (Å²) in [5.74, 6) is 0. The molecule has 102 valence electrons. The van der Waals surface area contributed by atoms with Crippen LogP contribution in [0.1, 0.15) is 10.4 Å². The minimum Gasteiger partial charge on any atom is -0.391 e. The van der Waals surface area contributed by atoms with Crippen molar-refractivity contribution in [2.75, 3.05) is 7.05 Å². The first kappa shape index (κ1) is 14.1. The Labute approximate surface area is 116 Å². The predicted octanol–water partition coefficient (Wildman–Crippen LogP) is 1.46. The molecule has 0 aliphatic carbocycles. The Bertz CT molecular complexity index is 638. The number of aromatic nitrogens is 1. The molecule has 7 heteroatoms. The van der Waals surface area contributed by atoms with E-state index in [2.05, 4.69) is 4.98 Å². The molecule has 2 heterocycles. The molecule has 2 rings (SSSR count). The van der Waals surface area contributed by atoms with Crippen LogP contribution in [-0.4, -0.2) is 29.9 Å². The highest BCUT2D eigenvalue weighted by Crippen LogP contribution is 2.25. The molecule has 0 atom stereocenters. The van der Waals surface area contributed by atoms with E-state index in [-0.39, 0.29) is 17.4 Å². The summed E-state index contributed by atoms with van der Waals surface area (Å²) in [5.41, 5.74) is 0.875. The fourth-order valence-electron chi connectivity index (χ4n) is 1.57. The van der Waals surface area contributed by atoms with Gasteiger partial charge in [0.25, 0.3) is 10.0 Å². The number of thiophene rings is 1. The van der Waals surface area contributed by atoms with E-state index in [0.717, 1.165) is 16.9 Å². The molecule has 0 aliphatic heterocycles. The monoisotopic (exact) mass is 298 g/mol. The molecule has 0 bridgehead atoms. The van der Waals surface area contributed by atoms with E-state index in [9.17, 15) is 8.42 Å². The van der Waals surface area contributed by atoms with Crippen LogP contribution in [0.15, 0.2) is 40.9 Å². The number of rotatable bonds is 5. The van der Waals surface area contributed by atoms with E-state index in [0.29, 0.717) is 4.88 Å². The SMILES string of the molecule is CN(Cc1ccncc1)S(=O)(=O)c1ccc(CO)s1. The van der Waals surface area contributed by atoms with Crippen LogP contribution in [-0.2, 0) is 23.2 Å². The molecule has 2 aromatic rings. The van der Waals surface area contributed by atoms with Gasteiger partial charge in [0, 0.05) is 30.9 Å². The van der Waals surface area contributed by atoms with E-state index in [1.165, 1.54) is 17.4 Å². The third-order valence-electron chi connectivity index (χ3n) is 2.61. The largest absolute Gasteiger partial charge is 0.391 e. The highest BCUT2D eigenvalue weighted by molar-refractivity contribution is 7.91. The number of sulfonamides is 1. The van der Waals surface area contributed by atoms with Crippen LogP contribution in [0.5, 0.6) is 0 Å². The lowest BCUT2D eigenvalue weighted by Crippen LogP contribution is -2.25. The van der Waals surface area contributed by atoms with Crippen molar-refractivity contribution in [2.24, 2.45) is 0 Å². The first-order valence-electron chi connectivity index (χ1n) is 5.59. The van der Waals surface area contributed by atoms with Crippen LogP contribution >= 0.6 is 11.3 Å². The average molecular weight is 298 g/mol. The summed E-state index contributed by atoms with van der Waals surface area (Å²) < 4.78 is 26.1. The third-order valence-corrected chi connectivity index (χ3v) is 5.95. The Morgan fingerprint density at radius 1 is 1.26 bits per heavy atom. The number of nitrogens with zero attached hydrogens (tertiary/aromatic N) is 2. The fourth-order valence-corrected chi connectivity index (χ4v) is 4.15. The Kier molecular flexibility index (Phi) is 4.31. The maximum absolute atomic E-state index is 12.3. The molecule has 5 nitrogen and oxygen atoms in total. The molecule has 0 aliphatic rings. The van der Waals surface area contributed by atoms with E-state index >= 15 is 0 Å². The lowest BCUT2D eigenvalue weighted by atomic mass is 10.3. The van der Waals surface area contributed by atoms with Gasteiger partial charge < -0.3 is 5.11 Å². The van der Waals surface area contributed by atoms with Gasteiger partial charge in [-0.15, -0.1) is 11.3 Å². The van der Waals surface area contributed by atoms with Gasteiger partial charge in [0.05, 0.1) is 6.61 Å². The van der Waals surface area contributed by atoms with E-state index in [1.54, 1.807) is 30.6 Å². The summed E-state index contributed by atoms with van der Waals surface area (Å²) in [4.78, 5) is 4.53. The van der Waals surface area contributed by atoms with E-state index < -0.39 is 10.0 Å². The van der Waals surface area contributed by atoms with Crippen LogP contribution in [0, 0.1) is 0 Å². The predicted molar refractivity (Wildman–Crippen MR) is 73.1 cm³/mol. The molecule has 0 radical (unpaired) electrons. The Balaban J connectivity index is 2.19. The van der Waals surface area contributed by atoms with Crippen molar-refractivity contribution in [2.45, 2.75) is 17.4 Å². The van der Waals surface area contributed by atoms with Crippen LogP contribution in [0.2, 0.25) is 0 Å². The minimum atomic E-state index is -3.51. The van der Waals surface area contributed by atoms with Crippen molar-refractivity contribution in [3.63, 3.8) is 0 Å². The lowest BCUT2D eigenvalue weighted by molar-refractivity contribution is 0.285. The van der Waals surface area contributed by atoms with Crippen molar-refractivity contribution < 1.29 is 13.5 Å². The summed E-state index contributed by atoms with van der Waals surface area (Å²) >= 11 is 1.09. The van der Waals surface area contributed by atoms with Crippen molar-refractivity contribution in [3.8, 4) is 0 Å². The van der Waals surface area contributed by atoms with Crippen LogP contribution in [0.4, 0.5) is 0 Å². The van der Waals surface area contributed by atoms with Gasteiger partial charge in [0.15, 0.2) is 0 Å². The Morgan fingerprint density at radius 2 is 1.95 bits per heavy atom. The molecule has 0 amide bonds.